The van der Waals surface area contributed by atoms with Gasteiger partial charge in [-0.25, -0.2) is 0 Å². The monoisotopic (exact) mass is 401 g/mol. The van der Waals surface area contributed by atoms with Crippen LogP contribution in [0.15, 0.2) is 34.8 Å². The van der Waals surface area contributed by atoms with Crippen LogP contribution in [0.4, 0.5) is 13.2 Å². The molecule has 0 spiro atoms. The molecule has 0 N–H and O–H groups in total. The Bertz CT molecular complexity index is 800. The fourth-order valence-electron chi connectivity index (χ4n) is 1.98. The van der Waals surface area contributed by atoms with Gasteiger partial charge in [0.15, 0.2) is 11.5 Å². The summed E-state index contributed by atoms with van der Waals surface area (Å²) in [6.07, 6.45) is -4.80. The van der Waals surface area contributed by atoms with E-state index in [1.807, 2.05) is 6.07 Å². The number of methoxy groups -OCH3 is 1. The summed E-state index contributed by atoms with van der Waals surface area (Å²) in [7, 11) is 1.29. The van der Waals surface area contributed by atoms with E-state index < -0.39 is 12.1 Å². The first-order valence-corrected chi connectivity index (χ1v) is 7.34. The number of ether oxygens (including phenoxy) is 3. The van der Waals surface area contributed by atoms with Gasteiger partial charge in [-0.2, -0.15) is 5.26 Å². The zero-order chi connectivity index (χ0) is 17.9. The summed E-state index contributed by atoms with van der Waals surface area (Å²) in [4.78, 5) is 0. The molecule has 0 aromatic heterocycles. The fraction of sp³-hybridized carbons (Fsp3) is 0.188. The van der Waals surface area contributed by atoms with Crippen LogP contribution in [0.1, 0.15) is 11.1 Å². The van der Waals surface area contributed by atoms with Crippen LogP contribution in [0.2, 0.25) is 0 Å². The molecule has 24 heavy (non-hydrogen) atoms. The number of alkyl halides is 3. The van der Waals surface area contributed by atoms with E-state index in [9.17, 15) is 18.4 Å². The summed E-state index contributed by atoms with van der Waals surface area (Å²) in [5.74, 6) is 0.0177. The lowest BCUT2D eigenvalue weighted by Crippen LogP contribution is -2.17. The van der Waals surface area contributed by atoms with Crippen molar-refractivity contribution < 1.29 is 27.4 Å². The Balaban J connectivity index is 2.39. The van der Waals surface area contributed by atoms with Crippen molar-refractivity contribution in [1.29, 1.82) is 5.26 Å². The largest absolute Gasteiger partial charge is 0.573 e. The first-order chi connectivity index (χ1) is 11.2. The minimum atomic E-state index is -4.80. The maximum Gasteiger partial charge on any atom is 0.573 e. The van der Waals surface area contributed by atoms with Gasteiger partial charge in [-0.3, -0.25) is 0 Å². The predicted octanol–water partition coefficient (Wildman–Crippen LogP) is 5.33. The number of nitriles is 1. The van der Waals surface area contributed by atoms with Gasteiger partial charge < -0.3 is 14.2 Å². The highest BCUT2D eigenvalue weighted by atomic mass is 79.9. The van der Waals surface area contributed by atoms with Gasteiger partial charge in [-0.05, 0) is 36.8 Å². The number of benzene rings is 2. The highest BCUT2D eigenvalue weighted by Gasteiger charge is 2.31. The number of aryl methyl sites for hydroxylation is 1. The van der Waals surface area contributed by atoms with Gasteiger partial charge in [0.1, 0.15) is 17.6 Å². The first kappa shape index (κ1) is 17.9. The molecule has 0 aliphatic carbocycles. The molecular formula is C16H11BrF3NO3. The van der Waals surface area contributed by atoms with Crippen LogP contribution >= 0.6 is 15.9 Å². The maximum atomic E-state index is 12.3. The van der Waals surface area contributed by atoms with E-state index in [1.165, 1.54) is 13.2 Å². The quantitative estimate of drug-likeness (QED) is 0.694. The van der Waals surface area contributed by atoms with Crippen LogP contribution in [0.5, 0.6) is 23.0 Å². The molecule has 0 atom stereocenters. The summed E-state index contributed by atoms with van der Waals surface area (Å²) in [5.41, 5.74) is 1.01. The normalized spacial score (nSPS) is 10.9. The average Bonchev–Trinajstić information content (AvgIpc) is 2.47. The lowest BCUT2D eigenvalue weighted by atomic mass is 10.1. The number of nitrogens with zero attached hydrogens (tertiary/aromatic N) is 1. The molecule has 2 aromatic rings. The summed E-state index contributed by atoms with van der Waals surface area (Å²) in [6.45, 7) is 1.74. The molecule has 2 rings (SSSR count). The van der Waals surface area contributed by atoms with E-state index in [2.05, 4.69) is 20.7 Å². The van der Waals surface area contributed by atoms with E-state index in [1.54, 1.807) is 19.1 Å². The standard InChI is InChI=1S/C16H11BrF3NO3/c1-9-5-10(17)6-14(12(9)8-21)23-13-4-3-11(7-15(13)22-2)24-16(18,19)20/h3-7H,1-2H3. The first-order valence-electron chi connectivity index (χ1n) is 6.55. The van der Waals surface area contributed by atoms with Crippen LogP contribution in [0.3, 0.4) is 0 Å². The van der Waals surface area contributed by atoms with E-state index in [4.69, 9.17) is 9.47 Å². The second-order valence-corrected chi connectivity index (χ2v) is 5.59. The third-order valence-corrected chi connectivity index (χ3v) is 3.42. The molecule has 4 nitrogen and oxygen atoms in total. The van der Waals surface area contributed by atoms with Gasteiger partial charge in [0, 0.05) is 10.5 Å². The molecule has 126 valence electrons. The van der Waals surface area contributed by atoms with Crippen molar-refractivity contribution in [2.24, 2.45) is 0 Å². The molecule has 0 saturated heterocycles. The van der Waals surface area contributed by atoms with Gasteiger partial charge in [0.05, 0.1) is 12.7 Å². The van der Waals surface area contributed by atoms with Crippen molar-refractivity contribution in [2.45, 2.75) is 13.3 Å². The molecule has 0 bridgehead atoms. The van der Waals surface area contributed by atoms with Crippen molar-refractivity contribution in [3.8, 4) is 29.1 Å². The van der Waals surface area contributed by atoms with Gasteiger partial charge in [-0.1, -0.05) is 15.9 Å². The Morgan fingerprint density at radius 2 is 1.79 bits per heavy atom. The minimum absolute atomic E-state index is 0.0401. The van der Waals surface area contributed by atoms with E-state index in [-0.39, 0.29) is 17.2 Å². The molecule has 0 heterocycles. The molecule has 0 fully saturated rings. The maximum absolute atomic E-state index is 12.3. The Kier molecular flexibility index (Phi) is 5.24. The lowest BCUT2D eigenvalue weighted by Gasteiger charge is -2.15. The average molecular weight is 402 g/mol. The van der Waals surface area contributed by atoms with Crippen molar-refractivity contribution in [1.82, 2.24) is 0 Å². The van der Waals surface area contributed by atoms with Crippen molar-refractivity contribution in [3.63, 3.8) is 0 Å². The summed E-state index contributed by atoms with van der Waals surface area (Å²) in [6, 6.07) is 8.80. The smallest absolute Gasteiger partial charge is 0.493 e. The van der Waals surface area contributed by atoms with E-state index >= 15 is 0 Å². The van der Waals surface area contributed by atoms with Crippen molar-refractivity contribution in [3.05, 3.63) is 45.9 Å². The number of hydrogen-bond acceptors (Lipinski definition) is 4. The summed E-state index contributed by atoms with van der Waals surface area (Å²) in [5, 5.41) is 9.24. The minimum Gasteiger partial charge on any atom is -0.493 e. The fourth-order valence-corrected chi connectivity index (χ4v) is 2.54. The third kappa shape index (κ3) is 4.32. The van der Waals surface area contributed by atoms with Crippen molar-refractivity contribution in [2.75, 3.05) is 7.11 Å². The van der Waals surface area contributed by atoms with Crippen LogP contribution < -0.4 is 14.2 Å². The predicted molar refractivity (Wildman–Crippen MR) is 83.3 cm³/mol. The van der Waals surface area contributed by atoms with Crippen molar-refractivity contribution >= 4 is 15.9 Å². The SMILES string of the molecule is COc1cc(OC(F)(F)F)ccc1Oc1cc(Br)cc(C)c1C#N. The molecule has 8 heteroatoms. The van der Waals surface area contributed by atoms with Crippen LogP contribution in [0.25, 0.3) is 0 Å². The van der Waals surface area contributed by atoms with Crippen LogP contribution in [-0.2, 0) is 0 Å². The Hall–Kier alpha value is -2.40. The summed E-state index contributed by atoms with van der Waals surface area (Å²) < 4.78 is 52.1. The number of hydrogen-bond donors (Lipinski definition) is 0. The van der Waals surface area contributed by atoms with E-state index in [0.29, 0.717) is 15.6 Å². The van der Waals surface area contributed by atoms with E-state index in [0.717, 1.165) is 12.1 Å². The molecule has 2 aromatic carbocycles. The van der Waals surface area contributed by atoms with Crippen LogP contribution in [-0.4, -0.2) is 13.5 Å². The molecule has 0 aliphatic heterocycles. The highest BCUT2D eigenvalue weighted by Crippen LogP contribution is 2.38. The van der Waals surface area contributed by atoms with Gasteiger partial charge in [0.25, 0.3) is 0 Å². The Morgan fingerprint density at radius 1 is 1.08 bits per heavy atom. The van der Waals surface area contributed by atoms with Gasteiger partial charge in [0.2, 0.25) is 0 Å². The second kappa shape index (κ2) is 7.01. The molecule has 0 aliphatic rings. The number of halogens is 4. The lowest BCUT2D eigenvalue weighted by molar-refractivity contribution is -0.274. The topological polar surface area (TPSA) is 51.5 Å². The molecule has 0 unspecified atom stereocenters. The number of rotatable bonds is 4. The Labute approximate surface area is 144 Å². The molecular weight excluding hydrogens is 391 g/mol. The third-order valence-electron chi connectivity index (χ3n) is 2.96. The molecule has 0 amide bonds. The van der Waals surface area contributed by atoms with Crippen LogP contribution in [0, 0.1) is 18.3 Å². The zero-order valence-corrected chi connectivity index (χ0v) is 14.2. The summed E-state index contributed by atoms with van der Waals surface area (Å²) >= 11 is 3.30. The Morgan fingerprint density at radius 3 is 2.38 bits per heavy atom. The highest BCUT2D eigenvalue weighted by molar-refractivity contribution is 9.10. The van der Waals surface area contributed by atoms with Gasteiger partial charge >= 0.3 is 6.36 Å². The second-order valence-electron chi connectivity index (χ2n) is 4.67. The zero-order valence-electron chi connectivity index (χ0n) is 12.6. The van der Waals surface area contributed by atoms with Gasteiger partial charge in [-0.15, -0.1) is 13.2 Å². The molecule has 0 radical (unpaired) electrons. The molecule has 0 saturated carbocycles.